The first-order valence-corrected chi connectivity index (χ1v) is 5.52. The van der Waals surface area contributed by atoms with Crippen LogP contribution in [0.25, 0.3) is 0 Å². The summed E-state index contributed by atoms with van der Waals surface area (Å²) in [7, 11) is 1.70. The first-order chi connectivity index (χ1) is 6.85. The molecule has 0 aliphatic heterocycles. The maximum absolute atomic E-state index is 9.02. The van der Waals surface area contributed by atoms with Gasteiger partial charge in [0.2, 0.25) is 0 Å². The fraction of sp³-hybridized carbons (Fsp3) is 1.00. The maximum atomic E-state index is 9.02. The smallest absolute Gasteiger partial charge is 0.0487 e. The molecule has 1 N–H and O–H groups in total. The molecule has 0 aromatic rings. The fourth-order valence-corrected chi connectivity index (χ4v) is 1.39. The van der Waals surface area contributed by atoms with E-state index in [4.69, 9.17) is 14.6 Å². The number of aliphatic hydroxyl groups excluding tert-OH is 1. The van der Waals surface area contributed by atoms with Gasteiger partial charge in [-0.05, 0) is 25.2 Å². The highest BCUT2D eigenvalue weighted by atomic mass is 16.5. The molecule has 0 fully saturated rings. The minimum absolute atomic E-state index is 0.287. The van der Waals surface area contributed by atoms with Gasteiger partial charge >= 0.3 is 0 Å². The molecular weight excluding hydrogens is 180 g/mol. The molecule has 14 heavy (non-hydrogen) atoms. The molecule has 0 bridgehead atoms. The maximum Gasteiger partial charge on any atom is 0.0487 e. The van der Waals surface area contributed by atoms with Crippen LogP contribution in [0, 0.1) is 5.92 Å². The number of methoxy groups -OCH3 is 1. The second-order valence-corrected chi connectivity index (χ2v) is 3.58. The van der Waals surface area contributed by atoms with Gasteiger partial charge in [0.25, 0.3) is 0 Å². The van der Waals surface area contributed by atoms with Crippen molar-refractivity contribution in [3.63, 3.8) is 0 Å². The monoisotopic (exact) mass is 204 g/mol. The molecule has 0 saturated carbocycles. The van der Waals surface area contributed by atoms with Crippen molar-refractivity contribution in [3.05, 3.63) is 0 Å². The summed E-state index contributed by atoms with van der Waals surface area (Å²) < 4.78 is 10.3. The van der Waals surface area contributed by atoms with Crippen LogP contribution in [0.2, 0.25) is 0 Å². The first-order valence-electron chi connectivity index (χ1n) is 5.52. The largest absolute Gasteiger partial charge is 0.396 e. The lowest BCUT2D eigenvalue weighted by Crippen LogP contribution is -2.10. The standard InChI is InChI=1S/C11H24O3/c1-3-5-11(10-12)6-9-14-8-4-7-13-2/h11-12H,3-10H2,1-2H3. The Morgan fingerprint density at radius 3 is 2.50 bits per heavy atom. The number of hydrogen-bond acceptors (Lipinski definition) is 3. The third-order valence-electron chi connectivity index (χ3n) is 2.26. The number of ether oxygens (including phenoxy) is 2. The molecule has 3 nitrogen and oxygen atoms in total. The summed E-state index contributed by atoms with van der Waals surface area (Å²) in [6.07, 6.45) is 4.15. The van der Waals surface area contributed by atoms with Crippen LogP contribution < -0.4 is 0 Å². The summed E-state index contributed by atoms with van der Waals surface area (Å²) in [6.45, 7) is 4.71. The van der Waals surface area contributed by atoms with Crippen molar-refractivity contribution < 1.29 is 14.6 Å². The zero-order valence-corrected chi connectivity index (χ0v) is 9.50. The van der Waals surface area contributed by atoms with E-state index in [0.717, 1.165) is 45.5 Å². The number of hydrogen-bond donors (Lipinski definition) is 1. The van der Waals surface area contributed by atoms with Gasteiger partial charge in [0, 0.05) is 33.5 Å². The van der Waals surface area contributed by atoms with Crippen LogP contribution in [-0.4, -0.2) is 38.6 Å². The molecule has 0 rings (SSSR count). The Kier molecular flexibility index (Phi) is 10.9. The summed E-state index contributed by atoms with van der Waals surface area (Å²) in [4.78, 5) is 0. The Bertz CT molecular complexity index is 107. The Morgan fingerprint density at radius 1 is 1.14 bits per heavy atom. The molecule has 0 aliphatic rings. The van der Waals surface area contributed by atoms with Gasteiger partial charge in [0.1, 0.15) is 0 Å². The van der Waals surface area contributed by atoms with E-state index in [9.17, 15) is 0 Å². The van der Waals surface area contributed by atoms with Gasteiger partial charge in [-0.15, -0.1) is 0 Å². The predicted octanol–water partition coefficient (Wildman–Crippen LogP) is 1.84. The lowest BCUT2D eigenvalue weighted by Gasteiger charge is -2.12. The van der Waals surface area contributed by atoms with Crippen molar-refractivity contribution in [3.8, 4) is 0 Å². The van der Waals surface area contributed by atoms with Crippen LogP contribution >= 0.6 is 0 Å². The summed E-state index contributed by atoms with van der Waals surface area (Å²) in [6, 6.07) is 0. The van der Waals surface area contributed by atoms with Gasteiger partial charge < -0.3 is 14.6 Å². The molecule has 0 aromatic heterocycles. The minimum Gasteiger partial charge on any atom is -0.396 e. The van der Waals surface area contributed by atoms with Crippen molar-refractivity contribution in [2.75, 3.05) is 33.5 Å². The average Bonchev–Trinajstić information content (AvgIpc) is 2.21. The third kappa shape index (κ3) is 8.48. The zero-order chi connectivity index (χ0) is 10.6. The first kappa shape index (κ1) is 13.9. The predicted molar refractivity (Wildman–Crippen MR) is 57.4 cm³/mol. The fourth-order valence-electron chi connectivity index (χ4n) is 1.39. The van der Waals surface area contributed by atoms with E-state index in [0.29, 0.717) is 5.92 Å². The molecule has 86 valence electrons. The molecule has 0 amide bonds. The Balaban J connectivity index is 3.15. The number of rotatable bonds is 10. The summed E-state index contributed by atoms with van der Waals surface area (Å²) in [5.74, 6) is 0.419. The van der Waals surface area contributed by atoms with Crippen LogP contribution in [0.15, 0.2) is 0 Å². The molecule has 1 unspecified atom stereocenters. The second kappa shape index (κ2) is 11.0. The molecule has 0 radical (unpaired) electrons. The van der Waals surface area contributed by atoms with E-state index in [1.807, 2.05) is 0 Å². The Hall–Kier alpha value is -0.120. The molecule has 3 heteroatoms. The highest BCUT2D eigenvalue weighted by Crippen LogP contribution is 2.09. The quantitative estimate of drug-likeness (QED) is 0.552. The summed E-state index contributed by atoms with van der Waals surface area (Å²) >= 11 is 0. The second-order valence-electron chi connectivity index (χ2n) is 3.58. The van der Waals surface area contributed by atoms with Crippen molar-refractivity contribution >= 4 is 0 Å². The molecular formula is C11H24O3. The van der Waals surface area contributed by atoms with Gasteiger partial charge in [-0.3, -0.25) is 0 Å². The van der Waals surface area contributed by atoms with Gasteiger partial charge in [0.05, 0.1) is 0 Å². The SMILES string of the molecule is CCCC(CO)CCOCCCOC. The summed E-state index contributed by atoms with van der Waals surface area (Å²) in [5, 5.41) is 9.02. The minimum atomic E-state index is 0.287. The summed E-state index contributed by atoms with van der Waals surface area (Å²) in [5.41, 5.74) is 0. The van der Waals surface area contributed by atoms with E-state index in [-0.39, 0.29) is 6.61 Å². The number of aliphatic hydroxyl groups is 1. The van der Waals surface area contributed by atoms with Gasteiger partial charge in [-0.1, -0.05) is 13.3 Å². The van der Waals surface area contributed by atoms with E-state index in [1.165, 1.54) is 0 Å². The molecule has 0 saturated heterocycles. The van der Waals surface area contributed by atoms with E-state index in [2.05, 4.69) is 6.92 Å². The van der Waals surface area contributed by atoms with Crippen molar-refractivity contribution in [1.82, 2.24) is 0 Å². The molecule has 0 aromatic carbocycles. The van der Waals surface area contributed by atoms with Crippen molar-refractivity contribution in [2.24, 2.45) is 5.92 Å². The van der Waals surface area contributed by atoms with E-state index < -0.39 is 0 Å². The van der Waals surface area contributed by atoms with Crippen molar-refractivity contribution in [2.45, 2.75) is 32.6 Å². The molecule has 0 heterocycles. The van der Waals surface area contributed by atoms with Crippen LogP contribution in [0.3, 0.4) is 0 Å². The van der Waals surface area contributed by atoms with E-state index >= 15 is 0 Å². The van der Waals surface area contributed by atoms with Crippen LogP contribution in [0.4, 0.5) is 0 Å². The molecule has 0 aliphatic carbocycles. The van der Waals surface area contributed by atoms with Crippen LogP contribution in [-0.2, 0) is 9.47 Å². The average molecular weight is 204 g/mol. The lowest BCUT2D eigenvalue weighted by atomic mass is 10.0. The highest BCUT2D eigenvalue weighted by molar-refractivity contribution is 4.56. The van der Waals surface area contributed by atoms with Gasteiger partial charge in [-0.2, -0.15) is 0 Å². The normalized spacial score (nSPS) is 13.1. The van der Waals surface area contributed by atoms with Gasteiger partial charge in [-0.25, -0.2) is 0 Å². The van der Waals surface area contributed by atoms with Crippen LogP contribution in [0.1, 0.15) is 32.6 Å². The van der Waals surface area contributed by atoms with E-state index in [1.54, 1.807) is 7.11 Å². The van der Waals surface area contributed by atoms with Crippen LogP contribution in [0.5, 0.6) is 0 Å². The molecule has 1 atom stereocenters. The van der Waals surface area contributed by atoms with Crippen molar-refractivity contribution in [1.29, 1.82) is 0 Å². The lowest BCUT2D eigenvalue weighted by molar-refractivity contribution is 0.0842. The highest BCUT2D eigenvalue weighted by Gasteiger charge is 2.05. The van der Waals surface area contributed by atoms with Gasteiger partial charge in [0.15, 0.2) is 0 Å². The third-order valence-corrected chi connectivity index (χ3v) is 2.26. The Labute approximate surface area is 87.4 Å². The topological polar surface area (TPSA) is 38.7 Å². The molecule has 0 spiro atoms. The zero-order valence-electron chi connectivity index (χ0n) is 9.50. The Morgan fingerprint density at radius 2 is 1.93 bits per heavy atom.